The molecule has 0 spiro atoms. The quantitative estimate of drug-likeness (QED) is 0.451. The summed E-state index contributed by atoms with van der Waals surface area (Å²) in [6.07, 6.45) is 3.92. The van der Waals surface area contributed by atoms with E-state index in [4.69, 9.17) is 5.73 Å². The number of aromatic amines is 1. The number of rotatable bonds is 3. The summed E-state index contributed by atoms with van der Waals surface area (Å²) >= 11 is 0. The predicted octanol–water partition coefficient (Wildman–Crippen LogP) is 5.75. The van der Waals surface area contributed by atoms with Crippen LogP contribution in [0.3, 0.4) is 0 Å². The van der Waals surface area contributed by atoms with Gasteiger partial charge in [0.15, 0.2) is 0 Å². The molecule has 1 heterocycles. The monoisotopic (exact) mass is 356 g/mol. The standard InChI is InChI=1S/C24H21FN2/c25-22-10-5-9-19-21(14-27-24(19)22)20-13-16(17-7-2-3-8-18(17)20)12-15-6-1-4-11-23(15)26/h1-11,14,16,20,27H,12-13,26H2. The van der Waals surface area contributed by atoms with Gasteiger partial charge in [0.05, 0.1) is 5.52 Å². The van der Waals surface area contributed by atoms with E-state index in [2.05, 4.69) is 35.3 Å². The molecule has 3 aromatic carbocycles. The van der Waals surface area contributed by atoms with Gasteiger partial charge in [0.1, 0.15) is 5.82 Å². The third-order valence-electron chi connectivity index (χ3n) is 5.92. The van der Waals surface area contributed by atoms with Gasteiger partial charge in [-0.3, -0.25) is 0 Å². The number of hydrogen-bond acceptors (Lipinski definition) is 1. The number of halogens is 1. The van der Waals surface area contributed by atoms with Gasteiger partial charge in [-0.15, -0.1) is 0 Å². The molecule has 2 atom stereocenters. The molecule has 1 aliphatic rings. The number of benzene rings is 3. The highest BCUT2D eigenvalue weighted by Crippen LogP contribution is 2.48. The maximum Gasteiger partial charge on any atom is 0.147 e. The normalized spacial score (nSPS) is 18.7. The zero-order valence-corrected chi connectivity index (χ0v) is 15.0. The van der Waals surface area contributed by atoms with Crippen LogP contribution >= 0.6 is 0 Å². The van der Waals surface area contributed by atoms with Crippen molar-refractivity contribution >= 4 is 16.6 Å². The Morgan fingerprint density at radius 1 is 0.889 bits per heavy atom. The van der Waals surface area contributed by atoms with Crippen LogP contribution in [0, 0.1) is 5.82 Å². The lowest BCUT2D eigenvalue weighted by atomic mass is 9.90. The Bertz CT molecular complexity index is 1130. The van der Waals surface area contributed by atoms with Crippen molar-refractivity contribution in [2.45, 2.75) is 24.7 Å². The molecule has 2 nitrogen and oxygen atoms in total. The largest absolute Gasteiger partial charge is 0.399 e. The van der Waals surface area contributed by atoms with Crippen molar-refractivity contribution in [1.29, 1.82) is 0 Å². The van der Waals surface area contributed by atoms with Crippen molar-refractivity contribution in [2.24, 2.45) is 0 Å². The van der Waals surface area contributed by atoms with Crippen molar-refractivity contribution in [3.8, 4) is 0 Å². The molecule has 3 heteroatoms. The van der Waals surface area contributed by atoms with Crippen LogP contribution in [0.4, 0.5) is 10.1 Å². The number of nitrogen functional groups attached to an aromatic ring is 1. The average molecular weight is 356 g/mol. The average Bonchev–Trinajstić information content (AvgIpc) is 3.26. The first-order valence-electron chi connectivity index (χ1n) is 9.40. The van der Waals surface area contributed by atoms with Gasteiger partial charge in [-0.2, -0.15) is 0 Å². The van der Waals surface area contributed by atoms with E-state index in [-0.39, 0.29) is 11.7 Å². The van der Waals surface area contributed by atoms with E-state index < -0.39 is 0 Å². The number of para-hydroxylation sites is 2. The number of anilines is 1. The van der Waals surface area contributed by atoms with E-state index in [9.17, 15) is 4.39 Å². The summed E-state index contributed by atoms with van der Waals surface area (Å²) in [6.45, 7) is 0. The lowest BCUT2D eigenvalue weighted by Crippen LogP contribution is -2.02. The minimum atomic E-state index is -0.196. The second kappa shape index (κ2) is 6.27. The molecule has 3 N–H and O–H groups in total. The molecule has 1 aliphatic carbocycles. The maximum atomic E-state index is 14.1. The number of H-pyrrole nitrogens is 1. The lowest BCUT2D eigenvalue weighted by Gasteiger charge is -2.14. The smallest absolute Gasteiger partial charge is 0.147 e. The Balaban J connectivity index is 1.57. The molecular formula is C24H21FN2. The maximum absolute atomic E-state index is 14.1. The highest BCUT2D eigenvalue weighted by Gasteiger charge is 2.33. The second-order valence-corrected chi connectivity index (χ2v) is 7.42. The minimum Gasteiger partial charge on any atom is -0.399 e. The van der Waals surface area contributed by atoms with E-state index >= 15 is 0 Å². The summed E-state index contributed by atoms with van der Waals surface area (Å²) in [4.78, 5) is 3.14. The van der Waals surface area contributed by atoms with Crippen LogP contribution in [0.1, 0.15) is 40.5 Å². The van der Waals surface area contributed by atoms with E-state index in [0.29, 0.717) is 11.4 Å². The zero-order valence-electron chi connectivity index (χ0n) is 15.0. The van der Waals surface area contributed by atoms with Crippen molar-refractivity contribution in [1.82, 2.24) is 4.98 Å². The fourth-order valence-electron chi connectivity index (χ4n) is 4.64. The number of nitrogens with two attached hydrogens (primary N) is 1. The van der Waals surface area contributed by atoms with Crippen molar-refractivity contribution in [3.63, 3.8) is 0 Å². The van der Waals surface area contributed by atoms with Gasteiger partial charge in [-0.25, -0.2) is 4.39 Å². The molecular weight excluding hydrogens is 335 g/mol. The number of fused-ring (bicyclic) bond motifs is 2. The van der Waals surface area contributed by atoms with Crippen LogP contribution in [0.25, 0.3) is 10.9 Å². The van der Waals surface area contributed by atoms with Gasteiger partial charge in [0, 0.05) is 23.2 Å². The van der Waals surface area contributed by atoms with E-state index in [1.54, 1.807) is 6.07 Å². The first-order chi connectivity index (χ1) is 13.2. The molecule has 134 valence electrons. The molecule has 2 unspecified atom stereocenters. The molecule has 0 amide bonds. The zero-order chi connectivity index (χ0) is 18.4. The number of hydrogen-bond donors (Lipinski definition) is 2. The summed E-state index contributed by atoms with van der Waals surface area (Å²) < 4.78 is 14.1. The minimum absolute atomic E-state index is 0.196. The summed E-state index contributed by atoms with van der Waals surface area (Å²) in [5, 5.41) is 0.981. The van der Waals surface area contributed by atoms with Gasteiger partial charge in [0.2, 0.25) is 0 Å². The molecule has 0 fully saturated rings. The van der Waals surface area contributed by atoms with Crippen LogP contribution in [0.2, 0.25) is 0 Å². The van der Waals surface area contributed by atoms with Gasteiger partial charge < -0.3 is 10.7 Å². The molecule has 0 saturated carbocycles. The topological polar surface area (TPSA) is 41.8 Å². The summed E-state index contributed by atoms with van der Waals surface area (Å²) in [5.41, 5.74) is 12.8. The third-order valence-corrected chi connectivity index (χ3v) is 5.92. The van der Waals surface area contributed by atoms with Crippen molar-refractivity contribution in [2.75, 3.05) is 5.73 Å². The Morgan fingerprint density at radius 3 is 2.52 bits per heavy atom. The molecule has 4 aromatic rings. The molecule has 0 saturated heterocycles. The predicted molar refractivity (Wildman–Crippen MR) is 108 cm³/mol. The van der Waals surface area contributed by atoms with E-state index in [1.807, 2.05) is 30.5 Å². The fourth-order valence-corrected chi connectivity index (χ4v) is 4.64. The summed E-state index contributed by atoms with van der Waals surface area (Å²) in [6, 6.07) is 22.1. The Labute approximate surface area is 157 Å². The van der Waals surface area contributed by atoms with Gasteiger partial charge in [-0.1, -0.05) is 54.6 Å². The van der Waals surface area contributed by atoms with E-state index in [1.165, 1.54) is 28.3 Å². The van der Waals surface area contributed by atoms with Crippen LogP contribution in [0.15, 0.2) is 72.9 Å². The third kappa shape index (κ3) is 2.62. The highest BCUT2D eigenvalue weighted by molar-refractivity contribution is 5.85. The molecule has 27 heavy (non-hydrogen) atoms. The molecule has 0 radical (unpaired) electrons. The van der Waals surface area contributed by atoms with Crippen LogP contribution in [-0.2, 0) is 6.42 Å². The Kier molecular flexibility index (Phi) is 3.75. The van der Waals surface area contributed by atoms with Crippen molar-refractivity contribution < 1.29 is 4.39 Å². The van der Waals surface area contributed by atoms with Crippen LogP contribution in [0.5, 0.6) is 0 Å². The molecule has 5 rings (SSSR count). The molecule has 0 aliphatic heterocycles. The lowest BCUT2D eigenvalue weighted by molar-refractivity contribution is 0.636. The van der Waals surface area contributed by atoms with Crippen molar-refractivity contribution in [3.05, 3.63) is 101 Å². The molecule has 0 bridgehead atoms. The Hall–Kier alpha value is -3.07. The van der Waals surface area contributed by atoms with E-state index in [0.717, 1.165) is 23.9 Å². The first kappa shape index (κ1) is 16.1. The van der Waals surface area contributed by atoms with Gasteiger partial charge in [-0.05, 0) is 53.1 Å². The van der Waals surface area contributed by atoms with Gasteiger partial charge >= 0.3 is 0 Å². The SMILES string of the molecule is Nc1ccccc1CC1CC(c2c[nH]c3c(F)cccc23)c2ccccc21. The number of nitrogens with one attached hydrogen (secondary N) is 1. The fraction of sp³-hybridized carbons (Fsp3) is 0.167. The van der Waals surface area contributed by atoms with Crippen LogP contribution < -0.4 is 5.73 Å². The number of aromatic nitrogens is 1. The van der Waals surface area contributed by atoms with Crippen LogP contribution in [-0.4, -0.2) is 4.98 Å². The summed E-state index contributed by atoms with van der Waals surface area (Å²) in [5.74, 6) is 0.486. The second-order valence-electron chi connectivity index (χ2n) is 7.42. The first-order valence-corrected chi connectivity index (χ1v) is 9.40. The summed E-state index contributed by atoms with van der Waals surface area (Å²) in [7, 11) is 0. The van der Waals surface area contributed by atoms with Gasteiger partial charge in [0.25, 0.3) is 0 Å². The molecule has 1 aromatic heterocycles. The Morgan fingerprint density at radius 2 is 1.67 bits per heavy atom. The highest BCUT2D eigenvalue weighted by atomic mass is 19.1.